The van der Waals surface area contributed by atoms with E-state index < -0.39 is 0 Å². The molecule has 2 aromatic rings. The Morgan fingerprint density at radius 2 is 1.71 bits per heavy atom. The van der Waals surface area contributed by atoms with Crippen LogP contribution >= 0.6 is 0 Å². The highest BCUT2D eigenvalue weighted by molar-refractivity contribution is 5.97. The van der Waals surface area contributed by atoms with Gasteiger partial charge in [-0.25, -0.2) is 0 Å². The van der Waals surface area contributed by atoms with Crippen LogP contribution in [0, 0.1) is 5.21 Å². The molecular weight excluding hydrogens is 266 g/mol. The summed E-state index contributed by atoms with van der Waals surface area (Å²) in [5.41, 5.74) is 0.863. The highest BCUT2D eigenvalue weighted by atomic mass is 16.5. The standard InChI is InChI=1S/C17H21NO3/c1-20-12-13-21-17-9-8-16(18(19)10-4-5-11-18)14-6-2-3-7-15(14)17/h2-3,6-9H,4-5,10-13H2,1H3. The zero-order valence-corrected chi connectivity index (χ0v) is 12.4. The molecule has 1 aliphatic heterocycles. The molecule has 2 aromatic carbocycles. The SMILES string of the molecule is COCCOc1ccc([N+]2([O-])CCCC2)c2ccccc12. The average molecular weight is 287 g/mol. The van der Waals surface area contributed by atoms with Crippen molar-refractivity contribution in [2.45, 2.75) is 12.8 Å². The Kier molecular flexibility index (Phi) is 4.10. The van der Waals surface area contributed by atoms with Crippen molar-refractivity contribution in [3.63, 3.8) is 0 Å². The van der Waals surface area contributed by atoms with E-state index in [-0.39, 0.29) is 4.65 Å². The predicted molar refractivity (Wildman–Crippen MR) is 85.4 cm³/mol. The zero-order valence-electron chi connectivity index (χ0n) is 12.4. The molecule has 21 heavy (non-hydrogen) atoms. The minimum atomic E-state index is -0.209. The van der Waals surface area contributed by atoms with Crippen molar-refractivity contribution in [3.8, 4) is 5.75 Å². The maximum absolute atomic E-state index is 13.0. The summed E-state index contributed by atoms with van der Waals surface area (Å²) in [5, 5.41) is 15.0. The number of hydrogen-bond donors (Lipinski definition) is 0. The summed E-state index contributed by atoms with van der Waals surface area (Å²) in [6, 6.07) is 11.8. The van der Waals surface area contributed by atoms with E-state index in [0.717, 1.165) is 35.1 Å². The lowest BCUT2D eigenvalue weighted by Crippen LogP contribution is -2.39. The molecule has 0 aromatic heterocycles. The summed E-state index contributed by atoms with van der Waals surface area (Å²) in [4.78, 5) is 0. The summed E-state index contributed by atoms with van der Waals surface area (Å²) < 4.78 is 10.6. The minimum Gasteiger partial charge on any atom is -0.627 e. The molecule has 0 atom stereocenters. The van der Waals surface area contributed by atoms with Crippen LogP contribution in [0.3, 0.4) is 0 Å². The van der Waals surface area contributed by atoms with Crippen LogP contribution in [0.5, 0.6) is 5.75 Å². The molecule has 112 valence electrons. The maximum atomic E-state index is 13.0. The second-order valence-corrected chi connectivity index (χ2v) is 5.51. The Labute approximate surface area is 125 Å². The van der Waals surface area contributed by atoms with Gasteiger partial charge in [-0.15, -0.1) is 0 Å². The third-order valence-electron chi connectivity index (χ3n) is 4.13. The fourth-order valence-corrected chi connectivity index (χ4v) is 3.06. The Morgan fingerprint density at radius 3 is 2.43 bits per heavy atom. The first-order chi connectivity index (χ1) is 10.2. The second kappa shape index (κ2) is 6.02. The number of hydrogen-bond acceptors (Lipinski definition) is 3. The third-order valence-corrected chi connectivity index (χ3v) is 4.13. The topological polar surface area (TPSA) is 41.5 Å². The van der Waals surface area contributed by atoms with E-state index in [4.69, 9.17) is 9.47 Å². The molecule has 1 saturated heterocycles. The van der Waals surface area contributed by atoms with Crippen molar-refractivity contribution in [1.29, 1.82) is 0 Å². The summed E-state index contributed by atoms with van der Waals surface area (Å²) in [5.74, 6) is 0.817. The normalized spacial score (nSPS) is 17.2. The smallest absolute Gasteiger partial charge is 0.141 e. The van der Waals surface area contributed by atoms with Crippen molar-refractivity contribution in [2.75, 3.05) is 33.4 Å². The van der Waals surface area contributed by atoms with Crippen molar-refractivity contribution >= 4 is 16.5 Å². The molecule has 0 spiro atoms. The van der Waals surface area contributed by atoms with Crippen LogP contribution in [0.15, 0.2) is 36.4 Å². The number of ether oxygens (including phenoxy) is 2. The lowest BCUT2D eigenvalue weighted by Gasteiger charge is -2.38. The van der Waals surface area contributed by atoms with Gasteiger partial charge in [-0.05, 0) is 12.1 Å². The van der Waals surface area contributed by atoms with Gasteiger partial charge in [0.2, 0.25) is 0 Å². The summed E-state index contributed by atoms with van der Waals surface area (Å²) >= 11 is 0. The first kappa shape index (κ1) is 14.3. The van der Waals surface area contributed by atoms with Gasteiger partial charge in [0.25, 0.3) is 0 Å². The lowest BCUT2D eigenvalue weighted by molar-refractivity contribution is 0.147. The number of methoxy groups -OCH3 is 1. The van der Waals surface area contributed by atoms with Crippen molar-refractivity contribution < 1.29 is 9.47 Å². The molecule has 0 saturated carbocycles. The fourth-order valence-electron chi connectivity index (χ4n) is 3.06. The van der Waals surface area contributed by atoms with Gasteiger partial charge in [0.15, 0.2) is 0 Å². The highest BCUT2D eigenvalue weighted by Gasteiger charge is 2.28. The van der Waals surface area contributed by atoms with Gasteiger partial charge in [0, 0.05) is 36.8 Å². The number of rotatable bonds is 5. The van der Waals surface area contributed by atoms with E-state index in [0.29, 0.717) is 26.3 Å². The maximum Gasteiger partial charge on any atom is 0.141 e. The van der Waals surface area contributed by atoms with Crippen LogP contribution in [0.2, 0.25) is 0 Å². The van der Waals surface area contributed by atoms with Gasteiger partial charge in [-0.3, -0.25) is 0 Å². The molecule has 0 amide bonds. The highest BCUT2D eigenvalue weighted by Crippen LogP contribution is 2.38. The van der Waals surface area contributed by atoms with Crippen LogP contribution in [-0.2, 0) is 4.74 Å². The van der Waals surface area contributed by atoms with E-state index in [9.17, 15) is 5.21 Å². The molecule has 1 aliphatic rings. The first-order valence-corrected chi connectivity index (χ1v) is 7.47. The minimum absolute atomic E-state index is 0.209. The number of fused-ring (bicyclic) bond motifs is 1. The van der Waals surface area contributed by atoms with E-state index in [1.54, 1.807) is 7.11 Å². The van der Waals surface area contributed by atoms with Crippen molar-refractivity contribution in [3.05, 3.63) is 41.6 Å². The molecular formula is C17H21NO3. The van der Waals surface area contributed by atoms with Gasteiger partial charge >= 0.3 is 0 Å². The molecule has 0 aliphatic carbocycles. The lowest BCUT2D eigenvalue weighted by atomic mass is 10.1. The Bertz CT molecular complexity index is 620. The van der Waals surface area contributed by atoms with E-state index in [1.807, 2.05) is 36.4 Å². The number of hydroxylamine groups is 2. The van der Waals surface area contributed by atoms with E-state index >= 15 is 0 Å². The van der Waals surface area contributed by atoms with Crippen LogP contribution < -0.4 is 9.38 Å². The molecule has 4 nitrogen and oxygen atoms in total. The molecule has 3 rings (SSSR count). The Morgan fingerprint density at radius 1 is 1.00 bits per heavy atom. The third kappa shape index (κ3) is 2.75. The average Bonchev–Trinajstić information content (AvgIpc) is 2.95. The number of benzene rings is 2. The predicted octanol–water partition coefficient (Wildman–Crippen LogP) is 3.46. The molecule has 0 bridgehead atoms. The van der Waals surface area contributed by atoms with Crippen molar-refractivity contribution in [2.24, 2.45) is 0 Å². The van der Waals surface area contributed by atoms with Crippen LogP contribution in [0.4, 0.5) is 5.69 Å². The zero-order chi connectivity index (χ0) is 14.7. The molecule has 1 fully saturated rings. The van der Waals surface area contributed by atoms with E-state index in [1.165, 1.54) is 0 Å². The second-order valence-electron chi connectivity index (χ2n) is 5.51. The molecule has 0 unspecified atom stereocenters. The summed E-state index contributed by atoms with van der Waals surface area (Å²) in [6.45, 7) is 2.41. The molecule has 0 radical (unpaired) electrons. The van der Waals surface area contributed by atoms with Crippen LogP contribution in [-0.4, -0.2) is 33.4 Å². The number of nitrogens with zero attached hydrogens (tertiary/aromatic N) is 1. The largest absolute Gasteiger partial charge is 0.627 e. The van der Waals surface area contributed by atoms with Crippen LogP contribution in [0.1, 0.15) is 12.8 Å². The molecule has 1 heterocycles. The monoisotopic (exact) mass is 287 g/mol. The first-order valence-electron chi connectivity index (χ1n) is 7.47. The van der Waals surface area contributed by atoms with Gasteiger partial charge in [0.05, 0.1) is 19.7 Å². The van der Waals surface area contributed by atoms with Crippen molar-refractivity contribution in [1.82, 2.24) is 4.65 Å². The fraction of sp³-hybridized carbons (Fsp3) is 0.412. The van der Waals surface area contributed by atoms with Crippen LogP contribution in [0.25, 0.3) is 10.8 Å². The number of quaternary nitrogens is 1. The van der Waals surface area contributed by atoms with E-state index in [2.05, 4.69) is 0 Å². The summed E-state index contributed by atoms with van der Waals surface area (Å²) in [7, 11) is 1.66. The quantitative estimate of drug-likeness (QED) is 0.480. The van der Waals surface area contributed by atoms with Gasteiger partial charge in [0.1, 0.15) is 18.0 Å². The van der Waals surface area contributed by atoms with Gasteiger partial charge in [-0.2, -0.15) is 0 Å². The van der Waals surface area contributed by atoms with Gasteiger partial charge in [-0.1, -0.05) is 18.2 Å². The molecule has 4 heteroatoms. The Hall–Kier alpha value is -1.62. The molecule has 0 N–H and O–H groups in total. The van der Waals surface area contributed by atoms with Gasteiger partial charge < -0.3 is 19.3 Å². The Balaban J connectivity index is 2.02. The summed E-state index contributed by atoms with van der Waals surface area (Å²) in [6.07, 6.45) is 2.01.